The fourth-order valence-electron chi connectivity index (χ4n) is 7.79. The van der Waals surface area contributed by atoms with Gasteiger partial charge in [-0.15, -0.1) is 10.2 Å². The molecule has 16 nitrogen and oxygen atoms in total. The summed E-state index contributed by atoms with van der Waals surface area (Å²) in [6.45, 7) is 9.02. The molecule has 0 unspecified atom stereocenters. The van der Waals surface area contributed by atoms with Crippen molar-refractivity contribution in [1.29, 1.82) is 0 Å². The Hall–Kier alpha value is -7.56. The molecule has 6 aromatic heterocycles. The molecule has 3 aromatic carbocycles. The second-order valence-corrected chi connectivity index (χ2v) is 15.0. The Morgan fingerprint density at radius 3 is 1.56 bits per heavy atom. The highest BCUT2D eigenvalue weighted by molar-refractivity contribution is 5.72. The van der Waals surface area contributed by atoms with Crippen LogP contribution in [-0.4, -0.2) is 96.4 Å². The first-order valence-electron chi connectivity index (χ1n) is 20.3. The molecule has 11 rings (SSSR count). The molecule has 306 valence electrons. The van der Waals surface area contributed by atoms with Crippen molar-refractivity contribution in [1.82, 2.24) is 49.4 Å². The number of aromatic nitrogens is 8. The first-order valence-corrected chi connectivity index (χ1v) is 20.3. The lowest BCUT2D eigenvalue weighted by Gasteiger charge is -2.36. The lowest BCUT2D eigenvalue weighted by Crippen LogP contribution is -2.45. The van der Waals surface area contributed by atoms with E-state index in [9.17, 15) is 0 Å². The Morgan fingerprint density at radius 1 is 0.525 bits per heavy atom. The molecular formula is C45H44N14O2. The fraction of sp³-hybridized carbons (Fsp3) is 0.200. The van der Waals surface area contributed by atoms with Crippen molar-refractivity contribution in [3.05, 3.63) is 133 Å². The average molecular weight is 813 g/mol. The topological polar surface area (TPSA) is 186 Å². The summed E-state index contributed by atoms with van der Waals surface area (Å²) < 4.78 is 13.9. The number of hydrogen-bond donors (Lipinski definition) is 3. The largest absolute Gasteiger partial charge is 0.461 e. The summed E-state index contributed by atoms with van der Waals surface area (Å²) in [5, 5.41) is 12.2. The van der Waals surface area contributed by atoms with Gasteiger partial charge < -0.3 is 35.4 Å². The minimum Gasteiger partial charge on any atom is -0.461 e. The van der Waals surface area contributed by atoms with Crippen LogP contribution in [0.5, 0.6) is 0 Å². The van der Waals surface area contributed by atoms with Crippen molar-refractivity contribution < 1.29 is 8.83 Å². The van der Waals surface area contributed by atoms with Crippen molar-refractivity contribution in [3.8, 4) is 45.7 Å². The van der Waals surface area contributed by atoms with Crippen molar-refractivity contribution in [3.63, 3.8) is 0 Å². The van der Waals surface area contributed by atoms with Gasteiger partial charge in [-0.25, -0.2) is 19.9 Å². The number of nitrogens with two attached hydrogens (primary N) is 2. The second kappa shape index (κ2) is 16.6. The maximum Gasteiger partial charge on any atom is 0.223 e. The molecule has 8 heterocycles. The number of piperazine rings is 2. The van der Waals surface area contributed by atoms with Gasteiger partial charge in [0.15, 0.2) is 22.8 Å². The Bertz CT molecular complexity index is 2880. The van der Waals surface area contributed by atoms with Gasteiger partial charge in [-0.05, 0) is 54.1 Å². The van der Waals surface area contributed by atoms with Crippen LogP contribution in [0.15, 0.2) is 137 Å². The lowest BCUT2D eigenvalue weighted by atomic mass is 10.1. The van der Waals surface area contributed by atoms with Crippen LogP contribution in [0.1, 0.15) is 5.56 Å². The molecule has 61 heavy (non-hydrogen) atoms. The van der Waals surface area contributed by atoms with Gasteiger partial charge in [0.05, 0.1) is 23.9 Å². The van der Waals surface area contributed by atoms with Crippen LogP contribution in [-0.2, 0) is 6.54 Å². The third kappa shape index (κ3) is 8.09. The highest BCUT2D eigenvalue weighted by Gasteiger charge is 2.20. The molecule has 0 radical (unpaired) electrons. The number of nitrogens with one attached hydrogen (secondary N) is 1. The van der Waals surface area contributed by atoms with Gasteiger partial charge >= 0.3 is 0 Å². The zero-order valence-corrected chi connectivity index (χ0v) is 33.4. The van der Waals surface area contributed by atoms with E-state index < -0.39 is 0 Å². The third-order valence-electron chi connectivity index (χ3n) is 10.9. The first-order chi connectivity index (χ1) is 30.0. The van der Waals surface area contributed by atoms with Crippen LogP contribution in [0.4, 0.5) is 23.3 Å². The van der Waals surface area contributed by atoms with Gasteiger partial charge in [0, 0.05) is 93.5 Å². The fourth-order valence-corrected chi connectivity index (χ4v) is 7.79. The second-order valence-electron chi connectivity index (χ2n) is 15.0. The number of rotatable bonds is 8. The summed E-state index contributed by atoms with van der Waals surface area (Å²) in [7, 11) is 0. The van der Waals surface area contributed by atoms with E-state index in [4.69, 9.17) is 20.3 Å². The number of anilines is 4. The zero-order valence-electron chi connectivity index (χ0n) is 33.4. The maximum absolute atomic E-state index is 6.22. The molecule has 0 amide bonds. The minimum absolute atomic E-state index is 0.290. The molecule has 2 fully saturated rings. The summed E-state index contributed by atoms with van der Waals surface area (Å²) >= 11 is 0. The van der Waals surface area contributed by atoms with Gasteiger partial charge in [-0.2, -0.15) is 9.03 Å². The molecule has 16 heteroatoms. The quantitative estimate of drug-likeness (QED) is 0.162. The number of furan rings is 2. The van der Waals surface area contributed by atoms with Gasteiger partial charge in [0.1, 0.15) is 0 Å². The smallest absolute Gasteiger partial charge is 0.223 e. The Kier molecular flexibility index (Phi) is 10.3. The molecular weight excluding hydrogens is 769 g/mol. The standard InChI is InChI=1S/C26H25N7O.C19H19N7O/c27-26-28-22(17-24-29-25(30-33(24)26)23-10-5-15-34-23)20-8-4-9-21(16-20)32-13-11-31(12-14-32)18-19-6-2-1-3-7-19;20-19-22-15(12-17-23-18(24-26(17)19)16-5-2-10-27-16)13-3-1-4-14(11-13)25-8-6-21-7-9-25/h1-10,15-17H,11-14,18H2,(H2,27,28);1-5,10-12,21H,6-9H2,(H2,20,22). The molecule has 5 N–H and O–H groups in total. The molecule has 2 aliphatic rings. The minimum atomic E-state index is 0.290. The average Bonchev–Trinajstić information content (AvgIpc) is 4.16. The normalized spacial score (nSPS) is 14.7. The summed E-state index contributed by atoms with van der Waals surface area (Å²) in [4.78, 5) is 25.5. The van der Waals surface area contributed by atoms with E-state index >= 15 is 0 Å². The monoisotopic (exact) mass is 812 g/mol. The Balaban J connectivity index is 0.000000150. The molecule has 2 aliphatic heterocycles. The number of hydrogen-bond acceptors (Lipinski definition) is 14. The predicted octanol–water partition coefficient (Wildman–Crippen LogP) is 6.00. The molecule has 0 spiro atoms. The van der Waals surface area contributed by atoms with E-state index in [0.717, 1.165) is 81.4 Å². The molecule has 0 aliphatic carbocycles. The van der Waals surface area contributed by atoms with Crippen LogP contribution in [0.3, 0.4) is 0 Å². The van der Waals surface area contributed by atoms with Crippen molar-refractivity contribution in [2.75, 3.05) is 73.6 Å². The van der Waals surface area contributed by atoms with E-state index in [1.54, 1.807) is 24.7 Å². The van der Waals surface area contributed by atoms with Gasteiger partial charge in [-0.3, -0.25) is 4.90 Å². The third-order valence-corrected chi connectivity index (χ3v) is 10.9. The van der Waals surface area contributed by atoms with Crippen LogP contribution in [0.2, 0.25) is 0 Å². The van der Waals surface area contributed by atoms with Crippen LogP contribution < -0.4 is 26.6 Å². The van der Waals surface area contributed by atoms with E-state index in [2.05, 4.69) is 117 Å². The van der Waals surface area contributed by atoms with Crippen molar-refractivity contribution >= 4 is 34.6 Å². The van der Waals surface area contributed by atoms with Gasteiger partial charge in [0.25, 0.3) is 0 Å². The molecule has 0 atom stereocenters. The summed E-state index contributed by atoms with van der Waals surface area (Å²) in [5.41, 5.74) is 20.9. The number of nitrogens with zero attached hydrogens (tertiary/aromatic N) is 11. The first kappa shape index (κ1) is 37.7. The van der Waals surface area contributed by atoms with E-state index in [0.29, 0.717) is 40.4 Å². The Labute approximate surface area is 351 Å². The highest BCUT2D eigenvalue weighted by Crippen LogP contribution is 2.29. The lowest BCUT2D eigenvalue weighted by molar-refractivity contribution is 0.250. The number of fused-ring (bicyclic) bond motifs is 2. The molecule has 2 saturated heterocycles. The van der Waals surface area contributed by atoms with Crippen molar-refractivity contribution in [2.45, 2.75) is 6.54 Å². The highest BCUT2D eigenvalue weighted by atomic mass is 16.3. The number of benzene rings is 3. The summed E-state index contributed by atoms with van der Waals surface area (Å²) in [6, 6.07) is 38.5. The van der Waals surface area contributed by atoms with E-state index in [1.807, 2.05) is 36.4 Å². The van der Waals surface area contributed by atoms with E-state index in [-0.39, 0.29) is 5.95 Å². The van der Waals surface area contributed by atoms with Crippen LogP contribution in [0.25, 0.3) is 57.0 Å². The van der Waals surface area contributed by atoms with Gasteiger partial charge in [0.2, 0.25) is 23.5 Å². The molecule has 0 saturated carbocycles. The SMILES string of the molecule is Nc1nc(-c2cccc(N3CCN(Cc4ccccc4)CC3)c2)cc2nc(-c3ccco3)nn12.Nc1nc(-c2cccc(N3CCNCC3)c2)cc2nc(-c3ccco3)nn12. The summed E-state index contributed by atoms with van der Waals surface area (Å²) in [6.07, 6.45) is 3.19. The van der Waals surface area contributed by atoms with Crippen molar-refractivity contribution in [2.24, 2.45) is 0 Å². The Morgan fingerprint density at radius 2 is 1.05 bits per heavy atom. The van der Waals surface area contributed by atoms with E-state index in [1.165, 1.54) is 26.0 Å². The van der Waals surface area contributed by atoms with Crippen LogP contribution in [0, 0.1) is 0 Å². The van der Waals surface area contributed by atoms with Gasteiger partial charge in [-0.1, -0.05) is 54.6 Å². The molecule has 9 aromatic rings. The predicted molar refractivity (Wildman–Crippen MR) is 236 cm³/mol. The van der Waals surface area contributed by atoms with Crippen LogP contribution >= 0.6 is 0 Å². The maximum atomic E-state index is 6.22. The zero-order chi connectivity index (χ0) is 41.1. The summed E-state index contributed by atoms with van der Waals surface area (Å²) in [5.74, 6) is 2.74. The molecule has 0 bridgehead atoms. The number of nitrogen functional groups attached to an aromatic ring is 2.